The predicted octanol–water partition coefficient (Wildman–Crippen LogP) is 4.07. The molecule has 116 valence electrons. The summed E-state index contributed by atoms with van der Waals surface area (Å²) in [7, 11) is 0. The number of nitrogens with zero attached hydrogens (tertiary/aromatic N) is 2. The average Bonchev–Trinajstić information content (AvgIpc) is 3.16. The molecule has 0 saturated carbocycles. The summed E-state index contributed by atoms with van der Waals surface area (Å²) in [4.78, 5) is 16.8. The third-order valence-corrected chi connectivity index (χ3v) is 4.38. The minimum absolute atomic E-state index is 0.0555. The van der Waals surface area contributed by atoms with Crippen LogP contribution >= 0.6 is 0 Å². The van der Waals surface area contributed by atoms with Crippen molar-refractivity contribution in [3.63, 3.8) is 0 Å². The number of Topliss-reactive ketones (excluding diaryl/α,β-unsaturated/α-hetero) is 1. The summed E-state index contributed by atoms with van der Waals surface area (Å²) in [6.07, 6.45) is 3.54. The molecule has 2 aromatic heterocycles. The number of aryl methyl sites for hydroxylation is 2. The van der Waals surface area contributed by atoms with E-state index < -0.39 is 0 Å². The van der Waals surface area contributed by atoms with Gasteiger partial charge in [-0.15, -0.1) is 0 Å². The van der Waals surface area contributed by atoms with Crippen LogP contribution in [0.4, 0.5) is 4.39 Å². The van der Waals surface area contributed by atoms with E-state index in [0.717, 1.165) is 11.3 Å². The Labute approximate surface area is 132 Å². The third-order valence-electron chi connectivity index (χ3n) is 4.38. The smallest absolute Gasteiger partial charge is 0.168 e. The molecule has 23 heavy (non-hydrogen) atoms. The predicted molar refractivity (Wildman–Crippen MR) is 82.9 cm³/mol. The fourth-order valence-corrected chi connectivity index (χ4v) is 3.39. The minimum Gasteiger partial charge on any atom is -0.466 e. The Bertz CT molecular complexity index is 923. The zero-order valence-electron chi connectivity index (χ0n) is 12.8. The summed E-state index contributed by atoms with van der Waals surface area (Å²) in [6, 6.07) is 6.35. The molecule has 1 aliphatic heterocycles. The van der Waals surface area contributed by atoms with Gasteiger partial charge in [0.15, 0.2) is 5.78 Å². The van der Waals surface area contributed by atoms with Crippen LogP contribution in [-0.2, 0) is 0 Å². The molecule has 4 rings (SSSR count). The van der Waals surface area contributed by atoms with Gasteiger partial charge in [-0.05, 0) is 26.0 Å². The van der Waals surface area contributed by atoms with Crippen LogP contribution in [0.3, 0.4) is 0 Å². The topological polar surface area (TPSA) is 48.0 Å². The van der Waals surface area contributed by atoms with Gasteiger partial charge in [0.05, 0.1) is 29.8 Å². The molecule has 0 aliphatic carbocycles. The summed E-state index contributed by atoms with van der Waals surface area (Å²) < 4.78 is 21.7. The van der Waals surface area contributed by atoms with E-state index in [2.05, 4.69) is 4.98 Å². The molecule has 0 saturated heterocycles. The van der Waals surface area contributed by atoms with Gasteiger partial charge in [-0.3, -0.25) is 4.79 Å². The number of imidazole rings is 1. The van der Waals surface area contributed by atoms with E-state index in [1.54, 1.807) is 31.6 Å². The second kappa shape index (κ2) is 4.91. The lowest BCUT2D eigenvalue weighted by Gasteiger charge is -2.14. The van der Waals surface area contributed by atoms with Gasteiger partial charge in [-0.1, -0.05) is 12.1 Å². The molecule has 1 aliphatic rings. The van der Waals surface area contributed by atoms with Gasteiger partial charge in [0.1, 0.15) is 17.3 Å². The fraction of sp³-hybridized carbons (Fsp3) is 0.222. The van der Waals surface area contributed by atoms with E-state index in [-0.39, 0.29) is 24.1 Å². The van der Waals surface area contributed by atoms with Gasteiger partial charge in [-0.25, -0.2) is 9.37 Å². The van der Waals surface area contributed by atoms with E-state index in [9.17, 15) is 9.18 Å². The summed E-state index contributed by atoms with van der Waals surface area (Å²) >= 11 is 0. The second-order valence-electron chi connectivity index (χ2n) is 5.86. The quantitative estimate of drug-likeness (QED) is 0.685. The van der Waals surface area contributed by atoms with E-state index >= 15 is 0 Å². The third kappa shape index (κ3) is 2.04. The number of carbonyl (C=O) groups excluding carboxylic acids is 1. The molecule has 0 spiro atoms. The van der Waals surface area contributed by atoms with Crippen LogP contribution in [0.2, 0.25) is 0 Å². The number of halogens is 1. The van der Waals surface area contributed by atoms with Crippen molar-refractivity contribution < 1.29 is 13.6 Å². The van der Waals surface area contributed by atoms with Crippen molar-refractivity contribution in [3.8, 4) is 11.3 Å². The van der Waals surface area contributed by atoms with Crippen molar-refractivity contribution in [1.29, 1.82) is 0 Å². The molecule has 1 atom stereocenters. The molecule has 0 radical (unpaired) electrons. The lowest BCUT2D eigenvalue weighted by atomic mass is 9.96. The van der Waals surface area contributed by atoms with Crippen molar-refractivity contribution >= 4 is 5.78 Å². The monoisotopic (exact) mass is 310 g/mol. The zero-order valence-corrected chi connectivity index (χ0v) is 12.8. The highest BCUT2D eigenvalue weighted by Gasteiger charge is 2.33. The summed E-state index contributed by atoms with van der Waals surface area (Å²) in [5, 5.41) is 0. The normalized spacial score (nSPS) is 15.5. The van der Waals surface area contributed by atoms with Gasteiger partial charge in [0.2, 0.25) is 0 Å². The zero-order chi connectivity index (χ0) is 16.1. The Balaban J connectivity index is 1.76. The van der Waals surface area contributed by atoms with Gasteiger partial charge in [0, 0.05) is 17.5 Å². The lowest BCUT2D eigenvalue weighted by Crippen LogP contribution is -2.13. The first-order valence-electron chi connectivity index (χ1n) is 7.47. The molecule has 3 heterocycles. The summed E-state index contributed by atoms with van der Waals surface area (Å²) in [6.45, 7) is 3.58. The van der Waals surface area contributed by atoms with Gasteiger partial charge in [-0.2, -0.15) is 0 Å². The highest BCUT2D eigenvalue weighted by molar-refractivity contribution is 5.98. The first-order valence-corrected chi connectivity index (χ1v) is 7.47. The fourth-order valence-electron chi connectivity index (χ4n) is 3.39. The van der Waals surface area contributed by atoms with Gasteiger partial charge in [0.25, 0.3) is 0 Å². The SMILES string of the molecule is Cc1cc(C(=O)CC2c3c(F)cccc3-c3cncn32)c(C)o1. The molecule has 0 amide bonds. The van der Waals surface area contributed by atoms with E-state index in [1.165, 1.54) is 6.07 Å². The number of hydrogen-bond acceptors (Lipinski definition) is 3. The van der Waals surface area contributed by atoms with Crippen molar-refractivity contribution in [1.82, 2.24) is 9.55 Å². The van der Waals surface area contributed by atoms with Crippen LogP contribution in [0.15, 0.2) is 41.2 Å². The first-order chi connectivity index (χ1) is 11.1. The number of hydrogen-bond donors (Lipinski definition) is 0. The molecule has 1 aromatic carbocycles. The Kier molecular flexibility index (Phi) is 2.98. The highest BCUT2D eigenvalue weighted by atomic mass is 19.1. The van der Waals surface area contributed by atoms with Crippen molar-refractivity contribution in [2.75, 3.05) is 0 Å². The Morgan fingerprint density at radius 1 is 1.39 bits per heavy atom. The maximum absolute atomic E-state index is 14.4. The molecular formula is C18H15FN2O2. The van der Waals surface area contributed by atoms with E-state index in [4.69, 9.17) is 4.42 Å². The van der Waals surface area contributed by atoms with E-state index in [0.29, 0.717) is 22.6 Å². The molecule has 1 unspecified atom stereocenters. The standard InChI is InChI=1S/C18H15FN2O2/c1-10-6-13(11(2)23-10)17(22)7-15-18-12(4-3-5-14(18)19)16-8-20-9-21(15)16/h3-6,8-9,15H,7H2,1-2H3. The van der Waals surface area contributed by atoms with Gasteiger partial charge < -0.3 is 8.98 Å². The maximum atomic E-state index is 14.4. The maximum Gasteiger partial charge on any atom is 0.168 e. The van der Waals surface area contributed by atoms with Crippen LogP contribution in [0.25, 0.3) is 11.3 Å². The lowest BCUT2D eigenvalue weighted by molar-refractivity contribution is 0.0968. The Morgan fingerprint density at radius 2 is 2.22 bits per heavy atom. The van der Waals surface area contributed by atoms with Crippen LogP contribution in [0.1, 0.15) is 39.9 Å². The number of aromatic nitrogens is 2. The number of fused-ring (bicyclic) bond motifs is 3. The van der Waals surface area contributed by atoms with Crippen LogP contribution in [0, 0.1) is 19.7 Å². The van der Waals surface area contributed by atoms with Gasteiger partial charge >= 0.3 is 0 Å². The summed E-state index contributed by atoms with van der Waals surface area (Å²) in [5.41, 5.74) is 2.78. The first kappa shape index (κ1) is 13.9. The molecule has 0 bridgehead atoms. The van der Waals surface area contributed by atoms with Crippen LogP contribution < -0.4 is 0 Å². The molecule has 5 heteroatoms. The molecule has 0 N–H and O–H groups in total. The summed E-state index contributed by atoms with van der Waals surface area (Å²) in [5.74, 6) is 0.960. The number of benzene rings is 1. The average molecular weight is 310 g/mol. The Hall–Kier alpha value is -2.69. The van der Waals surface area contributed by atoms with Crippen LogP contribution in [0.5, 0.6) is 0 Å². The van der Waals surface area contributed by atoms with Crippen molar-refractivity contribution in [2.45, 2.75) is 26.3 Å². The number of rotatable bonds is 3. The Morgan fingerprint density at radius 3 is 2.96 bits per heavy atom. The van der Waals surface area contributed by atoms with Crippen molar-refractivity contribution in [2.24, 2.45) is 0 Å². The van der Waals surface area contributed by atoms with Crippen molar-refractivity contribution in [3.05, 3.63) is 65.3 Å². The van der Waals surface area contributed by atoms with E-state index in [1.807, 2.05) is 17.6 Å². The number of ketones is 1. The largest absolute Gasteiger partial charge is 0.466 e. The molecule has 3 aromatic rings. The highest BCUT2D eigenvalue weighted by Crippen LogP contribution is 2.42. The van der Waals surface area contributed by atoms with Crippen LogP contribution in [-0.4, -0.2) is 15.3 Å². The second-order valence-corrected chi connectivity index (χ2v) is 5.86. The minimum atomic E-state index is -0.370. The molecule has 4 nitrogen and oxygen atoms in total. The molecule has 0 fully saturated rings. The number of furan rings is 1. The number of carbonyl (C=O) groups is 1. The molecular weight excluding hydrogens is 295 g/mol.